The Morgan fingerprint density at radius 3 is 2.81 bits per heavy atom. The summed E-state index contributed by atoms with van der Waals surface area (Å²) >= 11 is 0. The lowest BCUT2D eigenvalue weighted by molar-refractivity contribution is -0.129. The van der Waals surface area contributed by atoms with Gasteiger partial charge in [-0.25, -0.2) is 0 Å². The number of rotatable bonds is 4. The molecule has 0 saturated carbocycles. The Hall–Kier alpha value is -2.10. The van der Waals surface area contributed by atoms with Crippen molar-refractivity contribution >= 4 is 5.91 Å². The van der Waals surface area contributed by atoms with Crippen LogP contribution in [-0.4, -0.2) is 28.1 Å². The lowest BCUT2D eigenvalue weighted by Crippen LogP contribution is -2.27. The highest BCUT2D eigenvalue weighted by Crippen LogP contribution is 2.22. The fraction of sp³-hybridized carbons (Fsp3) is 0.412. The molecule has 3 rings (SSSR count). The number of nitrogens with zero attached hydrogens (tertiary/aromatic N) is 2. The molecular formula is C17H21N3O. The zero-order valence-corrected chi connectivity index (χ0v) is 12.4. The molecule has 0 unspecified atom stereocenters. The van der Waals surface area contributed by atoms with Crippen LogP contribution in [0.2, 0.25) is 0 Å². The van der Waals surface area contributed by atoms with Gasteiger partial charge in [-0.05, 0) is 42.4 Å². The number of likely N-dealkylation sites (N-methyl/N-ethyl adjacent to an activating group) is 1. The summed E-state index contributed by atoms with van der Waals surface area (Å²) < 4.78 is 0. The molecule has 110 valence electrons. The first-order chi connectivity index (χ1) is 10.2. The molecule has 0 atom stereocenters. The van der Waals surface area contributed by atoms with Crippen molar-refractivity contribution in [3.05, 3.63) is 52.8 Å². The number of H-pyrrole nitrogens is 1. The van der Waals surface area contributed by atoms with Gasteiger partial charge < -0.3 is 4.90 Å². The molecule has 1 aromatic carbocycles. The SMILES string of the molecule is CN(Cc1cn[nH]c1)C(=O)Cc1ccc2c(c1)CCCC2. The topological polar surface area (TPSA) is 49.0 Å². The van der Waals surface area contributed by atoms with Crippen LogP contribution >= 0.6 is 0 Å². The predicted octanol–water partition coefficient (Wildman–Crippen LogP) is 2.49. The highest BCUT2D eigenvalue weighted by Gasteiger charge is 2.13. The number of aromatic nitrogens is 2. The van der Waals surface area contributed by atoms with Crippen LogP contribution in [0.15, 0.2) is 30.6 Å². The summed E-state index contributed by atoms with van der Waals surface area (Å²) in [4.78, 5) is 14.1. The summed E-state index contributed by atoms with van der Waals surface area (Å²) in [6, 6.07) is 6.53. The second kappa shape index (κ2) is 6.12. The van der Waals surface area contributed by atoms with E-state index in [9.17, 15) is 4.79 Å². The minimum absolute atomic E-state index is 0.145. The van der Waals surface area contributed by atoms with Crippen LogP contribution in [0.25, 0.3) is 0 Å². The van der Waals surface area contributed by atoms with Gasteiger partial charge in [-0.2, -0.15) is 5.10 Å². The molecule has 2 aromatic rings. The summed E-state index contributed by atoms with van der Waals surface area (Å²) in [5.74, 6) is 0.145. The monoisotopic (exact) mass is 283 g/mol. The fourth-order valence-corrected chi connectivity index (χ4v) is 2.93. The maximum atomic E-state index is 12.3. The van der Waals surface area contributed by atoms with Crippen LogP contribution in [0.1, 0.15) is 35.1 Å². The highest BCUT2D eigenvalue weighted by atomic mass is 16.2. The largest absolute Gasteiger partial charge is 0.341 e. The number of fused-ring (bicyclic) bond motifs is 1. The number of hydrogen-bond acceptors (Lipinski definition) is 2. The molecule has 1 aromatic heterocycles. The molecule has 21 heavy (non-hydrogen) atoms. The summed E-state index contributed by atoms with van der Waals surface area (Å²) in [5.41, 5.74) is 5.05. The predicted molar refractivity (Wildman–Crippen MR) is 81.8 cm³/mol. The molecular weight excluding hydrogens is 262 g/mol. The molecule has 0 aliphatic heterocycles. The molecule has 0 bridgehead atoms. The third kappa shape index (κ3) is 3.32. The number of nitrogens with one attached hydrogen (secondary N) is 1. The van der Waals surface area contributed by atoms with Crippen molar-refractivity contribution in [3.63, 3.8) is 0 Å². The third-order valence-corrected chi connectivity index (χ3v) is 4.17. The van der Waals surface area contributed by atoms with E-state index < -0.39 is 0 Å². The van der Waals surface area contributed by atoms with Crippen molar-refractivity contribution in [2.45, 2.75) is 38.6 Å². The number of carbonyl (C=O) groups is 1. The van der Waals surface area contributed by atoms with E-state index in [1.54, 1.807) is 11.1 Å². The number of amides is 1. The Labute approximate surface area is 125 Å². The second-order valence-corrected chi connectivity index (χ2v) is 5.84. The van der Waals surface area contributed by atoms with Crippen LogP contribution in [0.4, 0.5) is 0 Å². The van der Waals surface area contributed by atoms with Gasteiger partial charge in [0, 0.05) is 25.4 Å². The Morgan fingerprint density at radius 1 is 1.24 bits per heavy atom. The molecule has 0 spiro atoms. The van der Waals surface area contributed by atoms with Crippen molar-refractivity contribution in [2.24, 2.45) is 0 Å². The van der Waals surface area contributed by atoms with Gasteiger partial charge in [0.05, 0.1) is 12.6 Å². The van der Waals surface area contributed by atoms with E-state index in [-0.39, 0.29) is 5.91 Å². The number of benzene rings is 1. The minimum Gasteiger partial charge on any atom is -0.341 e. The first-order valence-electron chi connectivity index (χ1n) is 7.54. The molecule has 4 heteroatoms. The normalized spacial score (nSPS) is 13.8. The first-order valence-corrected chi connectivity index (χ1v) is 7.54. The molecule has 1 amide bonds. The van der Waals surface area contributed by atoms with E-state index in [0.717, 1.165) is 17.5 Å². The van der Waals surface area contributed by atoms with E-state index in [0.29, 0.717) is 13.0 Å². The van der Waals surface area contributed by atoms with Gasteiger partial charge in [0.25, 0.3) is 0 Å². The Balaban J connectivity index is 1.64. The van der Waals surface area contributed by atoms with E-state index in [4.69, 9.17) is 0 Å². The Bertz CT molecular complexity index is 619. The third-order valence-electron chi connectivity index (χ3n) is 4.17. The van der Waals surface area contributed by atoms with Crippen LogP contribution in [0.3, 0.4) is 0 Å². The second-order valence-electron chi connectivity index (χ2n) is 5.84. The van der Waals surface area contributed by atoms with Crippen molar-refractivity contribution in [1.29, 1.82) is 0 Å². The van der Waals surface area contributed by atoms with E-state index in [1.165, 1.54) is 30.4 Å². The number of aryl methyl sites for hydroxylation is 2. The van der Waals surface area contributed by atoms with Gasteiger partial charge >= 0.3 is 0 Å². The van der Waals surface area contributed by atoms with Gasteiger partial charge in [0.2, 0.25) is 5.91 Å². The lowest BCUT2D eigenvalue weighted by Gasteiger charge is -2.19. The average molecular weight is 283 g/mol. The summed E-state index contributed by atoms with van der Waals surface area (Å²) in [5, 5.41) is 6.67. The average Bonchev–Trinajstić information content (AvgIpc) is 3.00. The molecule has 0 saturated heterocycles. The van der Waals surface area contributed by atoms with Crippen LogP contribution in [-0.2, 0) is 30.6 Å². The number of aromatic amines is 1. The van der Waals surface area contributed by atoms with Crippen molar-refractivity contribution in [2.75, 3.05) is 7.05 Å². The highest BCUT2D eigenvalue weighted by molar-refractivity contribution is 5.78. The smallest absolute Gasteiger partial charge is 0.227 e. The number of hydrogen-bond donors (Lipinski definition) is 1. The Morgan fingerprint density at radius 2 is 2.05 bits per heavy atom. The summed E-state index contributed by atoms with van der Waals surface area (Å²) in [7, 11) is 1.84. The van der Waals surface area contributed by atoms with Crippen LogP contribution in [0.5, 0.6) is 0 Å². The maximum Gasteiger partial charge on any atom is 0.227 e. The van der Waals surface area contributed by atoms with Crippen molar-refractivity contribution in [3.8, 4) is 0 Å². The molecule has 1 heterocycles. The van der Waals surface area contributed by atoms with Crippen molar-refractivity contribution in [1.82, 2.24) is 15.1 Å². The van der Waals surface area contributed by atoms with Gasteiger partial charge in [-0.1, -0.05) is 18.2 Å². The van der Waals surface area contributed by atoms with E-state index in [2.05, 4.69) is 28.4 Å². The van der Waals surface area contributed by atoms with Gasteiger partial charge in [-0.3, -0.25) is 9.89 Å². The van der Waals surface area contributed by atoms with E-state index >= 15 is 0 Å². The van der Waals surface area contributed by atoms with Gasteiger partial charge in [0.15, 0.2) is 0 Å². The van der Waals surface area contributed by atoms with Gasteiger partial charge in [0.1, 0.15) is 0 Å². The first kappa shape index (κ1) is 13.9. The molecule has 4 nitrogen and oxygen atoms in total. The van der Waals surface area contributed by atoms with E-state index in [1.807, 2.05) is 13.2 Å². The van der Waals surface area contributed by atoms with Gasteiger partial charge in [-0.15, -0.1) is 0 Å². The zero-order valence-electron chi connectivity index (χ0n) is 12.4. The molecule has 0 fully saturated rings. The molecule has 1 aliphatic rings. The molecule has 1 N–H and O–H groups in total. The number of carbonyl (C=O) groups excluding carboxylic acids is 1. The van der Waals surface area contributed by atoms with Crippen molar-refractivity contribution < 1.29 is 4.79 Å². The quantitative estimate of drug-likeness (QED) is 0.937. The van der Waals surface area contributed by atoms with Crippen LogP contribution < -0.4 is 0 Å². The fourth-order valence-electron chi connectivity index (χ4n) is 2.93. The molecule has 0 radical (unpaired) electrons. The summed E-state index contributed by atoms with van der Waals surface area (Å²) in [6.45, 7) is 0.597. The Kier molecular flexibility index (Phi) is 4.04. The lowest BCUT2D eigenvalue weighted by atomic mass is 9.90. The standard InChI is InChI=1S/C17H21N3O/c1-20(12-14-10-18-19-11-14)17(21)9-13-6-7-15-4-2-3-5-16(15)8-13/h6-8,10-11H,2-5,9,12H2,1H3,(H,18,19). The van der Waals surface area contributed by atoms with Crippen LogP contribution in [0, 0.1) is 0 Å². The summed E-state index contributed by atoms with van der Waals surface area (Å²) in [6.07, 6.45) is 8.95. The minimum atomic E-state index is 0.145. The maximum absolute atomic E-state index is 12.3. The molecule has 1 aliphatic carbocycles. The zero-order chi connectivity index (χ0) is 14.7.